The topological polar surface area (TPSA) is 38.8 Å². The summed E-state index contributed by atoms with van der Waals surface area (Å²) >= 11 is 0. The largest absolute Gasteiger partial charge is 0.445 e. The van der Waals surface area contributed by atoms with Crippen LogP contribution in [0.3, 0.4) is 0 Å². The Hall–Kier alpha value is -1.03. The molecule has 2 heterocycles. The molecule has 1 amide bonds. The minimum atomic E-state index is -0.241. The fraction of sp³-hybridized carbons (Fsp3) is 0.667. The highest BCUT2D eigenvalue weighted by Gasteiger charge is 2.53. The minimum Gasteiger partial charge on any atom is -0.445 e. The maximum atomic E-state index is 11.4. The van der Waals surface area contributed by atoms with Crippen LogP contribution in [0.25, 0.3) is 0 Å². The van der Waals surface area contributed by atoms with Crippen molar-refractivity contribution in [3.05, 3.63) is 12.7 Å². The SMILES string of the molecule is C=CCOC(=O)N1CCC12COC2. The normalized spacial score (nSPS) is 23.2. The van der Waals surface area contributed by atoms with Crippen LogP contribution in [0.5, 0.6) is 0 Å². The predicted molar refractivity (Wildman–Crippen MR) is 46.4 cm³/mol. The summed E-state index contributed by atoms with van der Waals surface area (Å²) in [5, 5.41) is 0. The Kier molecular flexibility index (Phi) is 2.00. The lowest BCUT2D eigenvalue weighted by Crippen LogP contribution is -2.72. The fourth-order valence-electron chi connectivity index (χ4n) is 1.67. The van der Waals surface area contributed by atoms with Crippen LogP contribution in [-0.2, 0) is 9.47 Å². The Morgan fingerprint density at radius 1 is 1.69 bits per heavy atom. The predicted octanol–water partition coefficient (Wildman–Crippen LogP) is 0.784. The average Bonchev–Trinajstić information content (AvgIpc) is 1.96. The summed E-state index contributed by atoms with van der Waals surface area (Å²) in [5.74, 6) is 0. The van der Waals surface area contributed by atoms with Gasteiger partial charge in [-0.25, -0.2) is 4.79 Å². The maximum absolute atomic E-state index is 11.4. The molecule has 2 aliphatic rings. The number of carbonyl (C=O) groups is 1. The Morgan fingerprint density at radius 2 is 2.46 bits per heavy atom. The van der Waals surface area contributed by atoms with Crippen LogP contribution in [0.4, 0.5) is 4.79 Å². The number of nitrogens with zero attached hydrogens (tertiary/aromatic N) is 1. The van der Waals surface area contributed by atoms with Gasteiger partial charge in [0.25, 0.3) is 0 Å². The molecule has 0 N–H and O–H groups in total. The van der Waals surface area contributed by atoms with E-state index >= 15 is 0 Å². The molecule has 1 spiro atoms. The van der Waals surface area contributed by atoms with Crippen LogP contribution in [-0.4, -0.2) is 42.9 Å². The summed E-state index contributed by atoms with van der Waals surface area (Å²) in [6, 6.07) is 0. The first-order chi connectivity index (χ1) is 6.28. The van der Waals surface area contributed by atoms with Crippen molar-refractivity contribution >= 4 is 6.09 Å². The van der Waals surface area contributed by atoms with Gasteiger partial charge in [-0.3, -0.25) is 4.90 Å². The first-order valence-corrected chi connectivity index (χ1v) is 4.41. The molecular formula is C9H13NO3. The summed E-state index contributed by atoms with van der Waals surface area (Å²) in [5.41, 5.74) is -0.0156. The highest BCUT2D eigenvalue weighted by atomic mass is 16.6. The molecule has 0 atom stereocenters. The number of amides is 1. The van der Waals surface area contributed by atoms with Gasteiger partial charge in [-0.2, -0.15) is 0 Å². The molecule has 4 nitrogen and oxygen atoms in total. The van der Waals surface area contributed by atoms with Crippen molar-refractivity contribution in [3.8, 4) is 0 Å². The van der Waals surface area contributed by atoms with Gasteiger partial charge >= 0.3 is 6.09 Å². The van der Waals surface area contributed by atoms with Gasteiger partial charge in [0.2, 0.25) is 0 Å². The Bertz CT molecular complexity index is 230. The van der Waals surface area contributed by atoms with Crippen molar-refractivity contribution in [1.82, 2.24) is 4.90 Å². The van der Waals surface area contributed by atoms with Crippen LogP contribution >= 0.6 is 0 Å². The first-order valence-electron chi connectivity index (χ1n) is 4.41. The lowest BCUT2D eigenvalue weighted by atomic mass is 9.83. The molecule has 2 rings (SSSR count). The fourth-order valence-corrected chi connectivity index (χ4v) is 1.67. The number of ether oxygens (including phenoxy) is 2. The number of likely N-dealkylation sites (tertiary alicyclic amines) is 1. The number of hydrogen-bond acceptors (Lipinski definition) is 3. The highest BCUT2D eigenvalue weighted by Crippen LogP contribution is 2.37. The Morgan fingerprint density at radius 3 is 2.85 bits per heavy atom. The molecule has 2 fully saturated rings. The van der Waals surface area contributed by atoms with E-state index in [4.69, 9.17) is 9.47 Å². The summed E-state index contributed by atoms with van der Waals surface area (Å²) in [6.07, 6.45) is 2.37. The van der Waals surface area contributed by atoms with Crippen LogP contribution in [0.15, 0.2) is 12.7 Å². The smallest absolute Gasteiger partial charge is 0.410 e. The van der Waals surface area contributed by atoms with Crippen molar-refractivity contribution in [2.45, 2.75) is 12.0 Å². The molecule has 72 valence electrons. The van der Waals surface area contributed by atoms with E-state index in [1.54, 1.807) is 11.0 Å². The number of rotatable bonds is 2. The van der Waals surface area contributed by atoms with Gasteiger partial charge in [0.05, 0.1) is 18.8 Å². The van der Waals surface area contributed by atoms with Crippen LogP contribution < -0.4 is 0 Å². The van der Waals surface area contributed by atoms with E-state index in [-0.39, 0.29) is 18.2 Å². The van der Waals surface area contributed by atoms with Crippen molar-refractivity contribution in [3.63, 3.8) is 0 Å². The lowest BCUT2D eigenvalue weighted by molar-refractivity contribution is -0.177. The van der Waals surface area contributed by atoms with E-state index in [9.17, 15) is 4.79 Å². The summed E-state index contributed by atoms with van der Waals surface area (Å²) in [7, 11) is 0. The van der Waals surface area contributed by atoms with Crippen LogP contribution in [0.1, 0.15) is 6.42 Å². The second kappa shape index (κ2) is 3.03. The monoisotopic (exact) mass is 183 g/mol. The minimum absolute atomic E-state index is 0.0156. The summed E-state index contributed by atoms with van der Waals surface area (Å²) in [6.45, 7) is 5.89. The number of hydrogen-bond donors (Lipinski definition) is 0. The second-order valence-corrected chi connectivity index (χ2v) is 3.48. The van der Waals surface area contributed by atoms with Gasteiger partial charge < -0.3 is 9.47 Å². The van der Waals surface area contributed by atoms with E-state index in [2.05, 4.69) is 6.58 Å². The molecule has 0 aromatic rings. The van der Waals surface area contributed by atoms with E-state index in [1.165, 1.54) is 0 Å². The van der Waals surface area contributed by atoms with Crippen LogP contribution in [0.2, 0.25) is 0 Å². The second-order valence-electron chi connectivity index (χ2n) is 3.48. The van der Waals surface area contributed by atoms with Crippen LogP contribution in [0, 0.1) is 0 Å². The third-order valence-corrected chi connectivity index (χ3v) is 2.66. The summed E-state index contributed by atoms with van der Waals surface area (Å²) in [4.78, 5) is 13.1. The Labute approximate surface area is 77.1 Å². The van der Waals surface area contributed by atoms with Crippen molar-refractivity contribution in [2.75, 3.05) is 26.4 Å². The highest BCUT2D eigenvalue weighted by molar-refractivity contribution is 5.70. The zero-order chi connectivity index (χ0) is 9.31. The van der Waals surface area contributed by atoms with Crippen molar-refractivity contribution < 1.29 is 14.3 Å². The standard InChI is InChI=1S/C9H13NO3/c1-2-5-13-8(11)10-4-3-9(10)6-12-7-9/h2H,1,3-7H2. The summed E-state index contributed by atoms with van der Waals surface area (Å²) < 4.78 is 10.0. The third kappa shape index (κ3) is 1.21. The van der Waals surface area contributed by atoms with Gasteiger partial charge in [0, 0.05) is 6.54 Å². The van der Waals surface area contributed by atoms with Gasteiger partial charge in [0.15, 0.2) is 0 Å². The molecule has 0 unspecified atom stereocenters. The molecule has 0 aliphatic carbocycles. The van der Waals surface area contributed by atoms with E-state index in [0.717, 1.165) is 13.0 Å². The zero-order valence-corrected chi connectivity index (χ0v) is 7.49. The molecule has 13 heavy (non-hydrogen) atoms. The quantitative estimate of drug-likeness (QED) is 0.594. The van der Waals surface area contributed by atoms with Gasteiger partial charge in [-0.15, -0.1) is 0 Å². The third-order valence-electron chi connectivity index (χ3n) is 2.66. The molecule has 2 saturated heterocycles. The van der Waals surface area contributed by atoms with E-state index < -0.39 is 0 Å². The molecule has 4 heteroatoms. The van der Waals surface area contributed by atoms with Gasteiger partial charge in [0.1, 0.15) is 6.61 Å². The molecule has 0 bridgehead atoms. The molecule has 0 aromatic carbocycles. The van der Waals surface area contributed by atoms with E-state index in [0.29, 0.717) is 13.2 Å². The molecular weight excluding hydrogens is 170 g/mol. The van der Waals surface area contributed by atoms with Gasteiger partial charge in [-0.1, -0.05) is 12.7 Å². The van der Waals surface area contributed by atoms with Crippen molar-refractivity contribution in [2.24, 2.45) is 0 Å². The van der Waals surface area contributed by atoms with Gasteiger partial charge in [-0.05, 0) is 6.42 Å². The molecule has 2 aliphatic heterocycles. The molecule has 0 saturated carbocycles. The lowest BCUT2D eigenvalue weighted by Gasteiger charge is -2.56. The first kappa shape index (κ1) is 8.56. The van der Waals surface area contributed by atoms with E-state index in [1.807, 2.05) is 0 Å². The number of carbonyl (C=O) groups excluding carboxylic acids is 1. The molecule has 0 aromatic heterocycles. The zero-order valence-electron chi connectivity index (χ0n) is 7.49. The van der Waals surface area contributed by atoms with Crippen molar-refractivity contribution in [1.29, 1.82) is 0 Å². The maximum Gasteiger partial charge on any atom is 0.410 e. The Balaban J connectivity index is 1.86. The average molecular weight is 183 g/mol. The molecule has 0 radical (unpaired) electrons.